The smallest absolute Gasteiger partial charge is 0.309 e. The van der Waals surface area contributed by atoms with Crippen LogP contribution >= 0.6 is 0 Å². The topological polar surface area (TPSA) is 26.3 Å². The van der Waals surface area contributed by atoms with Crippen LogP contribution in [0, 0.1) is 17.3 Å². The number of rotatable bonds is 3. The van der Waals surface area contributed by atoms with E-state index < -0.39 is 0 Å². The lowest BCUT2D eigenvalue weighted by Crippen LogP contribution is -2.34. The number of hydrogen-bond donors (Lipinski definition) is 0. The number of esters is 1. The maximum Gasteiger partial charge on any atom is 0.309 e. The van der Waals surface area contributed by atoms with Crippen LogP contribution in [0.25, 0.3) is 0 Å². The molecule has 0 aromatic heterocycles. The molecule has 0 bridgehead atoms. The van der Waals surface area contributed by atoms with Gasteiger partial charge in [0.1, 0.15) is 6.10 Å². The number of fused-ring (bicyclic) bond motifs is 1. The van der Waals surface area contributed by atoms with E-state index in [1.54, 1.807) is 0 Å². The molecule has 0 aromatic carbocycles. The van der Waals surface area contributed by atoms with Gasteiger partial charge < -0.3 is 4.74 Å². The van der Waals surface area contributed by atoms with Gasteiger partial charge in [0.2, 0.25) is 0 Å². The van der Waals surface area contributed by atoms with Crippen molar-refractivity contribution in [1.29, 1.82) is 0 Å². The Balaban J connectivity index is 1.98. The molecule has 2 heteroatoms. The van der Waals surface area contributed by atoms with Gasteiger partial charge in [-0.3, -0.25) is 4.79 Å². The summed E-state index contributed by atoms with van der Waals surface area (Å²) in [7, 11) is 0. The second kappa shape index (κ2) is 4.38. The van der Waals surface area contributed by atoms with E-state index in [1.165, 1.54) is 32.1 Å². The minimum atomic E-state index is 0.0368. The van der Waals surface area contributed by atoms with Crippen molar-refractivity contribution in [2.24, 2.45) is 17.3 Å². The quantitative estimate of drug-likeness (QED) is 0.685. The van der Waals surface area contributed by atoms with Crippen LogP contribution in [0.2, 0.25) is 0 Å². The number of carbonyl (C=O) groups excluding carboxylic acids is 1. The highest BCUT2D eigenvalue weighted by atomic mass is 16.6. The van der Waals surface area contributed by atoms with E-state index in [0.29, 0.717) is 11.3 Å². The summed E-state index contributed by atoms with van der Waals surface area (Å²) in [5.74, 6) is 0.678. The third kappa shape index (κ3) is 2.11. The summed E-state index contributed by atoms with van der Waals surface area (Å²) < 4.78 is 5.51. The molecule has 0 radical (unpaired) electrons. The Labute approximate surface area is 98.7 Å². The Morgan fingerprint density at radius 1 is 1.50 bits per heavy atom. The first-order chi connectivity index (χ1) is 7.56. The van der Waals surface area contributed by atoms with Crippen LogP contribution in [0.4, 0.5) is 0 Å². The average molecular weight is 224 g/mol. The van der Waals surface area contributed by atoms with Gasteiger partial charge in [-0.1, -0.05) is 33.6 Å². The van der Waals surface area contributed by atoms with Gasteiger partial charge in [0.15, 0.2) is 0 Å². The first-order valence-electron chi connectivity index (χ1n) is 6.76. The molecule has 0 aromatic rings. The summed E-state index contributed by atoms with van der Waals surface area (Å²) in [5, 5.41) is 0. The van der Waals surface area contributed by atoms with Gasteiger partial charge >= 0.3 is 5.97 Å². The molecule has 1 heterocycles. The monoisotopic (exact) mass is 224 g/mol. The number of ether oxygens (including phenoxy) is 1. The van der Waals surface area contributed by atoms with E-state index in [4.69, 9.17) is 4.74 Å². The molecule has 0 amide bonds. The third-order valence-corrected chi connectivity index (χ3v) is 4.67. The van der Waals surface area contributed by atoms with Gasteiger partial charge in [-0.25, -0.2) is 0 Å². The minimum Gasteiger partial charge on any atom is -0.462 e. The van der Waals surface area contributed by atoms with Gasteiger partial charge in [-0.2, -0.15) is 0 Å². The predicted molar refractivity (Wildman–Crippen MR) is 64.0 cm³/mol. The minimum absolute atomic E-state index is 0.0368. The zero-order valence-electron chi connectivity index (χ0n) is 10.8. The molecule has 1 saturated heterocycles. The van der Waals surface area contributed by atoms with Crippen LogP contribution in [0.15, 0.2) is 0 Å². The summed E-state index contributed by atoms with van der Waals surface area (Å²) in [6.45, 7) is 6.64. The van der Waals surface area contributed by atoms with Crippen LogP contribution in [-0.2, 0) is 9.53 Å². The lowest BCUT2D eigenvalue weighted by molar-refractivity contribution is -0.145. The predicted octanol–water partition coefficient (Wildman–Crippen LogP) is 3.54. The second-order valence-corrected chi connectivity index (χ2v) is 6.08. The lowest BCUT2D eigenvalue weighted by atomic mass is 9.66. The Bertz CT molecular complexity index is 274. The Morgan fingerprint density at radius 3 is 2.94 bits per heavy atom. The van der Waals surface area contributed by atoms with Crippen molar-refractivity contribution in [3.05, 3.63) is 0 Å². The van der Waals surface area contributed by atoms with Gasteiger partial charge in [-0.05, 0) is 31.1 Å². The van der Waals surface area contributed by atoms with Crippen molar-refractivity contribution in [3.8, 4) is 0 Å². The third-order valence-electron chi connectivity index (χ3n) is 4.67. The van der Waals surface area contributed by atoms with Crippen molar-refractivity contribution in [3.63, 3.8) is 0 Å². The maximum absolute atomic E-state index is 11.5. The van der Waals surface area contributed by atoms with Crippen LogP contribution < -0.4 is 0 Å². The highest BCUT2D eigenvalue weighted by Crippen LogP contribution is 2.48. The maximum atomic E-state index is 11.5. The summed E-state index contributed by atoms with van der Waals surface area (Å²) in [5.41, 5.74) is 0.418. The van der Waals surface area contributed by atoms with E-state index >= 15 is 0 Å². The van der Waals surface area contributed by atoms with Gasteiger partial charge in [0.05, 0.1) is 5.92 Å². The molecule has 0 spiro atoms. The van der Waals surface area contributed by atoms with E-state index in [1.807, 2.05) is 6.92 Å². The van der Waals surface area contributed by atoms with Crippen molar-refractivity contribution < 1.29 is 9.53 Å². The number of hydrogen-bond acceptors (Lipinski definition) is 2. The Morgan fingerprint density at radius 2 is 2.25 bits per heavy atom. The van der Waals surface area contributed by atoms with Gasteiger partial charge in [-0.15, -0.1) is 0 Å². The highest BCUT2D eigenvalue weighted by molar-refractivity contribution is 5.74. The van der Waals surface area contributed by atoms with Gasteiger partial charge in [0.25, 0.3) is 0 Å². The van der Waals surface area contributed by atoms with E-state index in [2.05, 4.69) is 13.8 Å². The summed E-state index contributed by atoms with van der Waals surface area (Å²) in [4.78, 5) is 11.5. The Kier molecular flexibility index (Phi) is 3.27. The standard InChI is InChI=1S/C14H24O2/c1-4-5-7-14(3)8-6-11-10(2)13(15)16-12(11)9-14/h10-12H,4-9H2,1-3H3/t10?,11-,12?,14+/m0/s1. The SMILES string of the molecule is CCCC[C@]1(C)CC[C@@H]2C(C1)OC(=O)C2C. The van der Waals surface area contributed by atoms with Crippen LogP contribution in [0.5, 0.6) is 0 Å². The zero-order chi connectivity index (χ0) is 11.8. The molecule has 92 valence electrons. The number of unbranched alkanes of at least 4 members (excludes halogenated alkanes) is 1. The Hall–Kier alpha value is -0.530. The molecule has 1 aliphatic carbocycles. The molecule has 2 fully saturated rings. The molecule has 1 aliphatic heterocycles. The molecular weight excluding hydrogens is 200 g/mol. The van der Waals surface area contributed by atoms with Crippen molar-refractivity contribution >= 4 is 5.97 Å². The molecule has 1 saturated carbocycles. The highest BCUT2D eigenvalue weighted by Gasteiger charge is 2.48. The normalized spacial score (nSPS) is 42.9. The van der Waals surface area contributed by atoms with E-state index in [9.17, 15) is 4.79 Å². The first kappa shape index (κ1) is 11.9. The summed E-state index contributed by atoms with van der Waals surface area (Å²) >= 11 is 0. The molecule has 0 N–H and O–H groups in total. The fourth-order valence-electron chi connectivity index (χ4n) is 3.40. The fraction of sp³-hybridized carbons (Fsp3) is 0.929. The number of carbonyl (C=O) groups is 1. The van der Waals surface area contributed by atoms with E-state index in [-0.39, 0.29) is 18.0 Å². The van der Waals surface area contributed by atoms with Crippen LogP contribution in [0.3, 0.4) is 0 Å². The zero-order valence-corrected chi connectivity index (χ0v) is 10.8. The molecule has 2 aliphatic rings. The van der Waals surface area contributed by atoms with Crippen molar-refractivity contribution in [2.45, 2.75) is 65.4 Å². The molecule has 16 heavy (non-hydrogen) atoms. The van der Waals surface area contributed by atoms with Crippen LogP contribution in [-0.4, -0.2) is 12.1 Å². The van der Waals surface area contributed by atoms with Gasteiger partial charge in [0, 0.05) is 5.92 Å². The summed E-state index contributed by atoms with van der Waals surface area (Å²) in [6, 6.07) is 0. The molecule has 2 unspecified atom stereocenters. The first-order valence-corrected chi connectivity index (χ1v) is 6.76. The molecule has 4 atom stereocenters. The molecular formula is C14H24O2. The van der Waals surface area contributed by atoms with Crippen molar-refractivity contribution in [1.82, 2.24) is 0 Å². The molecule has 2 nitrogen and oxygen atoms in total. The summed E-state index contributed by atoms with van der Waals surface area (Å²) in [6.07, 6.45) is 7.62. The lowest BCUT2D eigenvalue weighted by Gasteiger charge is -2.39. The second-order valence-electron chi connectivity index (χ2n) is 6.08. The largest absolute Gasteiger partial charge is 0.462 e. The molecule has 2 rings (SSSR count). The fourth-order valence-corrected chi connectivity index (χ4v) is 3.40. The van der Waals surface area contributed by atoms with Crippen molar-refractivity contribution in [2.75, 3.05) is 0 Å². The average Bonchev–Trinajstić information content (AvgIpc) is 2.51. The van der Waals surface area contributed by atoms with Crippen LogP contribution in [0.1, 0.15) is 59.3 Å². The van der Waals surface area contributed by atoms with E-state index in [0.717, 1.165) is 6.42 Å².